The van der Waals surface area contributed by atoms with Crippen LogP contribution in [-0.4, -0.2) is 20.8 Å². The summed E-state index contributed by atoms with van der Waals surface area (Å²) in [5.41, 5.74) is 3.41. The van der Waals surface area contributed by atoms with E-state index in [0.717, 1.165) is 16.8 Å². The molecule has 0 fully saturated rings. The van der Waals surface area contributed by atoms with Crippen LogP contribution in [0.15, 0.2) is 41.9 Å². The highest BCUT2D eigenvalue weighted by atomic mass is 32.1. The summed E-state index contributed by atoms with van der Waals surface area (Å²) in [6, 6.07) is 8.80. The zero-order valence-corrected chi connectivity index (χ0v) is 16.4. The Bertz CT molecular complexity index is 1030. The monoisotopic (exact) mass is 398 g/mol. The minimum Gasteiger partial charge on any atom is -0.479 e. The van der Waals surface area contributed by atoms with Crippen LogP contribution < -0.4 is 9.64 Å². The lowest BCUT2D eigenvalue weighted by Gasteiger charge is -2.21. The van der Waals surface area contributed by atoms with E-state index in [9.17, 15) is 14.9 Å². The largest absolute Gasteiger partial charge is 0.479 e. The predicted molar refractivity (Wildman–Crippen MR) is 106 cm³/mol. The normalized spacial score (nSPS) is 10.5. The smallest absolute Gasteiger partial charge is 0.406 e. The molecule has 28 heavy (non-hydrogen) atoms. The number of hydrogen-bond donors (Lipinski definition) is 0. The van der Waals surface area contributed by atoms with Gasteiger partial charge in [-0.25, -0.2) is 4.98 Å². The van der Waals surface area contributed by atoms with Gasteiger partial charge in [0, 0.05) is 12.3 Å². The van der Waals surface area contributed by atoms with Crippen LogP contribution in [0.1, 0.15) is 23.7 Å². The zero-order valence-electron chi connectivity index (χ0n) is 15.6. The molecule has 144 valence electrons. The van der Waals surface area contributed by atoms with Gasteiger partial charge in [0.2, 0.25) is 11.7 Å². The maximum Gasteiger partial charge on any atom is 0.406 e. The van der Waals surface area contributed by atoms with E-state index in [4.69, 9.17) is 4.74 Å². The van der Waals surface area contributed by atoms with Gasteiger partial charge in [-0.1, -0.05) is 12.1 Å². The molecule has 0 saturated heterocycles. The van der Waals surface area contributed by atoms with Crippen LogP contribution in [0.2, 0.25) is 0 Å². The standard InChI is InChI=1S/C19H18N4O4S/c1-12-6-4-7-16(13(12)2)22(14(3)24)19-21-15(11-28-19)10-27-17-8-5-9-20-18(17)23(25)26/h4-9,11H,10H2,1-3H3. The SMILES string of the molecule is CC(=O)N(c1nc(COc2cccnc2[N+](=O)[O-])cs1)c1cccc(C)c1C. The number of aromatic nitrogens is 2. The van der Waals surface area contributed by atoms with Crippen LogP contribution in [0.25, 0.3) is 0 Å². The fourth-order valence-electron chi connectivity index (χ4n) is 2.63. The minimum absolute atomic E-state index is 0.0293. The number of thiazole rings is 1. The molecule has 0 bridgehead atoms. The van der Waals surface area contributed by atoms with E-state index in [1.165, 1.54) is 30.5 Å². The van der Waals surface area contributed by atoms with E-state index in [2.05, 4.69) is 9.97 Å². The highest BCUT2D eigenvalue weighted by Crippen LogP contribution is 2.33. The number of anilines is 2. The molecule has 0 saturated carbocycles. The summed E-state index contributed by atoms with van der Waals surface area (Å²) >= 11 is 1.31. The average molecular weight is 398 g/mol. The summed E-state index contributed by atoms with van der Waals surface area (Å²) in [5.74, 6) is -0.433. The highest BCUT2D eigenvalue weighted by molar-refractivity contribution is 7.14. The summed E-state index contributed by atoms with van der Waals surface area (Å²) in [7, 11) is 0. The Morgan fingerprint density at radius 3 is 2.79 bits per heavy atom. The second-order valence-electron chi connectivity index (χ2n) is 6.07. The van der Waals surface area contributed by atoms with Crippen molar-refractivity contribution in [1.29, 1.82) is 0 Å². The van der Waals surface area contributed by atoms with Gasteiger partial charge in [0.05, 0.1) is 11.4 Å². The molecule has 0 aliphatic carbocycles. The lowest BCUT2D eigenvalue weighted by Crippen LogP contribution is -2.23. The summed E-state index contributed by atoms with van der Waals surface area (Å²) in [6.07, 6.45) is 1.33. The number of benzene rings is 1. The average Bonchev–Trinajstić information content (AvgIpc) is 3.12. The van der Waals surface area contributed by atoms with E-state index in [-0.39, 0.29) is 24.1 Å². The Hall–Kier alpha value is -3.33. The third kappa shape index (κ3) is 3.99. The number of ether oxygens (including phenoxy) is 1. The van der Waals surface area contributed by atoms with Crippen molar-refractivity contribution in [2.75, 3.05) is 4.90 Å². The molecule has 0 unspecified atom stereocenters. The van der Waals surface area contributed by atoms with Gasteiger partial charge in [-0.2, -0.15) is 0 Å². The first-order valence-electron chi connectivity index (χ1n) is 8.42. The van der Waals surface area contributed by atoms with Gasteiger partial charge in [0.1, 0.15) is 12.8 Å². The van der Waals surface area contributed by atoms with Gasteiger partial charge >= 0.3 is 5.82 Å². The molecule has 1 aromatic carbocycles. The van der Waals surface area contributed by atoms with Crippen LogP contribution in [0, 0.1) is 24.0 Å². The lowest BCUT2D eigenvalue weighted by molar-refractivity contribution is -0.390. The highest BCUT2D eigenvalue weighted by Gasteiger charge is 2.21. The summed E-state index contributed by atoms with van der Waals surface area (Å²) < 4.78 is 5.52. The first-order chi connectivity index (χ1) is 13.4. The van der Waals surface area contributed by atoms with Crippen molar-refractivity contribution in [2.45, 2.75) is 27.4 Å². The third-order valence-corrected chi connectivity index (χ3v) is 5.04. The molecule has 0 atom stereocenters. The van der Waals surface area contributed by atoms with Gasteiger partial charge in [0.25, 0.3) is 0 Å². The van der Waals surface area contributed by atoms with E-state index in [1.807, 2.05) is 32.0 Å². The van der Waals surface area contributed by atoms with Gasteiger partial charge in [-0.15, -0.1) is 11.3 Å². The molecule has 3 rings (SSSR count). The van der Waals surface area contributed by atoms with Crippen LogP contribution in [0.4, 0.5) is 16.6 Å². The van der Waals surface area contributed by atoms with Gasteiger partial charge in [-0.3, -0.25) is 9.69 Å². The summed E-state index contributed by atoms with van der Waals surface area (Å²) in [6.45, 7) is 5.46. The second kappa shape index (κ2) is 8.13. The third-order valence-electron chi connectivity index (χ3n) is 4.16. The number of nitro groups is 1. The van der Waals surface area contributed by atoms with Crippen LogP contribution >= 0.6 is 11.3 Å². The van der Waals surface area contributed by atoms with Crippen molar-refractivity contribution >= 4 is 33.9 Å². The predicted octanol–water partition coefficient (Wildman–Crippen LogP) is 4.33. The Kier molecular flexibility index (Phi) is 5.65. The van der Waals surface area contributed by atoms with Crippen molar-refractivity contribution in [3.8, 4) is 5.75 Å². The molecule has 0 radical (unpaired) electrons. The first kappa shape index (κ1) is 19.4. The molecular weight excluding hydrogens is 380 g/mol. The van der Waals surface area contributed by atoms with E-state index >= 15 is 0 Å². The van der Waals surface area contributed by atoms with Gasteiger partial charge in [-0.05, 0) is 53.1 Å². The topological polar surface area (TPSA) is 98.5 Å². The summed E-state index contributed by atoms with van der Waals surface area (Å²) in [5, 5.41) is 13.3. The number of pyridine rings is 1. The van der Waals surface area contributed by atoms with Crippen molar-refractivity contribution in [3.63, 3.8) is 0 Å². The molecule has 8 nitrogen and oxygen atoms in total. The fourth-order valence-corrected chi connectivity index (χ4v) is 3.50. The maximum absolute atomic E-state index is 12.3. The number of carbonyl (C=O) groups is 1. The Morgan fingerprint density at radius 2 is 2.07 bits per heavy atom. The van der Waals surface area contributed by atoms with Crippen molar-refractivity contribution in [1.82, 2.24) is 9.97 Å². The van der Waals surface area contributed by atoms with Crippen LogP contribution in [0.3, 0.4) is 0 Å². The fraction of sp³-hybridized carbons (Fsp3) is 0.211. The maximum atomic E-state index is 12.3. The number of nitrogens with zero attached hydrogens (tertiary/aromatic N) is 4. The van der Waals surface area contributed by atoms with Crippen molar-refractivity contribution < 1.29 is 14.5 Å². The zero-order chi connectivity index (χ0) is 20.3. The number of carbonyl (C=O) groups excluding carboxylic acids is 1. The van der Waals surface area contributed by atoms with Gasteiger partial charge < -0.3 is 14.9 Å². The minimum atomic E-state index is -0.597. The quantitative estimate of drug-likeness (QED) is 0.453. The molecule has 0 N–H and O–H groups in total. The van der Waals surface area contributed by atoms with Gasteiger partial charge in [0.15, 0.2) is 5.13 Å². The molecule has 2 heterocycles. The van der Waals surface area contributed by atoms with E-state index in [1.54, 1.807) is 16.3 Å². The molecule has 1 amide bonds. The number of rotatable bonds is 6. The van der Waals surface area contributed by atoms with Crippen molar-refractivity contribution in [3.05, 3.63) is 68.8 Å². The molecule has 0 aliphatic heterocycles. The molecule has 0 aliphatic rings. The number of hydrogen-bond acceptors (Lipinski definition) is 7. The summed E-state index contributed by atoms with van der Waals surface area (Å²) in [4.78, 5) is 32.5. The van der Waals surface area contributed by atoms with E-state index in [0.29, 0.717) is 10.8 Å². The first-order valence-corrected chi connectivity index (χ1v) is 9.30. The second-order valence-corrected chi connectivity index (χ2v) is 6.90. The molecular formula is C19H18N4O4S. The van der Waals surface area contributed by atoms with Crippen LogP contribution in [-0.2, 0) is 11.4 Å². The van der Waals surface area contributed by atoms with E-state index < -0.39 is 4.92 Å². The lowest BCUT2D eigenvalue weighted by atomic mass is 10.1. The molecule has 9 heteroatoms. The Balaban J connectivity index is 1.83. The van der Waals surface area contributed by atoms with Crippen LogP contribution in [0.5, 0.6) is 5.75 Å². The molecule has 0 spiro atoms. The molecule has 2 aromatic heterocycles. The number of aryl methyl sites for hydroxylation is 1. The van der Waals surface area contributed by atoms with Crippen molar-refractivity contribution in [2.24, 2.45) is 0 Å². The number of amides is 1. The Morgan fingerprint density at radius 1 is 1.29 bits per heavy atom. The Labute approximate surface area is 165 Å². The molecule has 3 aromatic rings.